The van der Waals surface area contributed by atoms with Crippen LogP contribution in [0, 0.1) is 0 Å². The quantitative estimate of drug-likeness (QED) is 0.614. The Kier molecular flexibility index (Phi) is 2.43. The summed E-state index contributed by atoms with van der Waals surface area (Å²) in [6.45, 7) is 0. The van der Waals surface area contributed by atoms with E-state index in [9.17, 15) is 0 Å². The van der Waals surface area contributed by atoms with E-state index in [4.69, 9.17) is 0 Å². The zero-order valence-electron chi connectivity index (χ0n) is 10.7. The first kappa shape index (κ1) is 11.4. The van der Waals surface area contributed by atoms with Gasteiger partial charge in [-0.05, 0) is 17.7 Å². The van der Waals surface area contributed by atoms with E-state index < -0.39 is 0 Å². The van der Waals surface area contributed by atoms with Gasteiger partial charge in [0.05, 0.1) is 10.4 Å². The lowest BCUT2D eigenvalue weighted by Gasteiger charge is -2.02. The number of nitrogens with zero attached hydrogens (tertiary/aromatic N) is 4. The van der Waals surface area contributed by atoms with Crippen LogP contribution in [0.1, 0.15) is 0 Å². The second-order valence-electron chi connectivity index (χ2n) is 4.53. The number of fused-ring (bicyclic) bond motifs is 1. The number of aromatic amines is 1. The summed E-state index contributed by atoms with van der Waals surface area (Å²) < 4.78 is 1.84. The number of rotatable bonds is 2. The number of thiazole rings is 1. The molecule has 0 bridgehead atoms. The van der Waals surface area contributed by atoms with Crippen molar-refractivity contribution in [3.63, 3.8) is 0 Å². The van der Waals surface area contributed by atoms with Crippen molar-refractivity contribution in [2.75, 3.05) is 0 Å². The van der Waals surface area contributed by atoms with E-state index in [1.54, 1.807) is 11.3 Å². The van der Waals surface area contributed by atoms with Gasteiger partial charge in [0, 0.05) is 42.8 Å². The third kappa shape index (κ3) is 1.65. The molecule has 0 saturated carbocycles. The minimum absolute atomic E-state index is 0.890. The van der Waals surface area contributed by atoms with Gasteiger partial charge in [-0.25, -0.2) is 4.98 Å². The zero-order chi connectivity index (χ0) is 13.5. The molecule has 0 atom stereocenters. The van der Waals surface area contributed by atoms with Crippen LogP contribution in [0.4, 0.5) is 0 Å². The molecule has 4 heterocycles. The van der Waals surface area contributed by atoms with Gasteiger partial charge in [-0.15, -0.1) is 11.3 Å². The monoisotopic (exact) mass is 281 g/mol. The predicted octanol–water partition coefficient (Wildman–Crippen LogP) is 3.09. The Balaban J connectivity index is 2.01. The number of aryl methyl sites for hydroxylation is 1. The largest absolute Gasteiger partial charge is 0.346 e. The maximum absolute atomic E-state index is 4.58. The highest BCUT2D eigenvalue weighted by Crippen LogP contribution is 2.35. The number of nitrogens with one attached hydrogen (secondary N) is 1. The number of pyridine rings is 1. The highest BCUT2D eigenvalue weighted by molar-refractivity contribution is 7.13. The summed E-state index contributed by atoms with van der Waals surface area (Å²) in [5.41, 5.74) is 5.91. The van der Waals surface area contributed by atoms with Gasteiger partial charge in [0.2, 0.25) is 0 Å². The minimum atomic E-state index is 0.890. The highest BCUT2D eigenvalue weighted by Gasteiger charge is 2.15. The number of hydrogen-bond acceptors (Lipinski definition) is 4. The Morgan fingerprint density at radius 2 is 2.20 bits per heavy atom. The summed E-state index contributed by atoms with van der Waals surface area (Å²) in [7, 11) is 1.93. The molecule has 98 valence electrons. The van der Waals surface area contributed by atoms with E-state index >= 15 is 0 Å². The van der Waals surface area contributed by atoms with Crippen LogP contribution in [-0.4, -0.2) is 24.7 Å². The summed E-state index contributed by atoms with van der Waals surface area (Å²) in [4.78, 5) is 12.7. The normalized spacial score (nSPS) is 11.2. The Morgan fingerprint density at radius 1 is 1.25 bits per heavy atom. The van der Waals surface area contributed by atoms with Crippen molar-refractivity contribution in [3.05, 3.63) is 42.4 Å². The average molecular weight is 281 g/mol. The molecule has 20 heavy (non-hydrogen) atoms. The first-order valence-corrected chi connectivity index (χ1v) is 7.06. The molecule has 0 aliphatic rings. The Bertz CT molecular complexity index is 872. The molecule has 0 fully saturated rings. The first-order chi connectivity index (χ1) is 9.83. The molecule has 6 heteroatoms. The molecule has 0 aliphatic heterocycles. The van der Waals surface area contributed by atoms with Crippen molar-refractivity contribution in [2.24, 2.45) is 7.05 Å². The van der Waals surface area contributed by atoms with Gasteiger partial charge >= 0.3 is 0 Å². The number of hydrogen-bond donors (Lipinski definition) is 1. The molecule has 0 radical (unpaired) electrons. The maximum atomic E-state index is 4.58. The highest BCUT2D eigenvalue weighted by atomic mass is 32.1. The van der Waals surface area contributed by atoms with Crippen LogP contribution < -0.4 is 0 Å². The number of H-pyrrole nitrogens is 1. The maximum Gasteiger partial charge on any atom is 0.137 e. The smallest absolute Gasteiger partial charge is 0.137 e. The summed E-state index contributed by atoms with van der Waals surface area (Å²) in [6.07, 6.45) is 7.62. The van der Waals surface area contributed by atoms with E-state index in [0.717, 1.165) is 32.7 Å². The fourth-order valence-corrected chi connectivity index (χ4v) is 3.02. The van der Waals surface area contributed by atoms with Crippen molar-refractivity contribution in [1.29, 1.82) is 0 Å². The molecule has 0 amide bonds. The minimum Gasteiger partial charge on any atom is -0.346 e. The Hall–Kier alpha value is -2.47. The lowest BCUT2D eigenvalue weighted by molar-refractivity contribution is 0.771. The molecular formula is C14H11N5S. The van der Waals surface area contributed by atoms with E-state index in [1.807, 2.05) is 54.2 Å². The van der Waals surface area contributed by atoms with Gasteiger partial charge in [0.25, 0.3) is 0 Å². The van der Waals surface area contributed by atoms with Gasteiger partial charge in [-0.3, -0.25) is 9.67 Å². The molecule has 4 aromatic heterocycles. The summed E-state index contributed by atoms with van der Waals surface area (Å²) in [5, 5.41) is 5.68. The lowest BCUT2D eigenvalue weighted by atomic mass is 10.0. The molecule has 0 aliphatic carbocycles. The summed E-state index contributed by atoms with van der Waals surface area (Å²) in [6, 6.07) is 4.07. The Morgan fingerprint density at radius 3 is 3.05 bits per heavy atom. The van der Waals surface area contributed by atoms with Gasteiger partial charge in [0.1, 0.15) is 11.3 Å². The SMILES string of the molecule is Cn1cc(-c2ccnc3[nH]ccc23)c(-c2cncs2)n1. The fraction of sp³-hybridized carbons (Fsp3) is 0.0714. The molecule has 4 rings (SSSR count). The molecular weight excluding hydrogens is 270 g/mol. The molecule has 4 aromatic rings. The van der Waals surface area contributed by atoms with Gasteiger partial charge in [-0.2, -0.15) is 5.10 Å². The van der Waals surface area contributed by atoms with Crippen molar-refractivity contribution < 1.29 is 0 Å². The van der Waals surface area contributed by atoms with Crippen LogP contribution in [0.15, 0.2) is 42.4 Å². The van der Waals surface area contributed by atoms with Gasteiger partial charge in [0.15, 0.2) is 0 Å². The standard InChI is InChI=1S/C14H11N5S/c1-19-7-11(13(18-19)12-6-15-8-20-12)9-2-4-16-14-10(9)3-5-17-14/h2-8H,1H3,(H,16,17). The molecule has 0 aromatic carbocycles. The number of aromatic nitrogens is 5. The molecule has 1 N–H and O–H groups in total. The van der Waals surface area contributed by atoms with Gasteiger partial charge < -0.3 is 4.98 Å². The summed E-state index contributed by atoms with van der Waals surface area (Å²) in [5.74, 6) is 0. The van der Waals surface area contributed by atoms with Crippen LogP contribution in [0.2, 0.25) is 0 Å². The van der Waals surface area contributed by atoms with Crippen molar-refractivity contribution in [1.82, 2.24) is 24.7 Å². The molecule has 0 unspecified atom stereocenters. The molecule has 0 spiro atoms. The van der Waals surface area contributed by atoms with Crippen molar-refractivity contribution in [2.45, 2.75) is 0 Å². The van der Waals surface area contributed by atoms with Gasteiger partial charge in [-0.1, -0.05) is 0 Å². The third-order valence-corrected chi connectivity index (χ3v) is 4.02. The summed E-state index contributed by atoms with van der Waals surface area (Å²) >= 11 is 1.60. The first-order valence-electron chi connectivity index (χ1n) is 6.18. The topological polar surface area (TPSA) is 59.4 Å². The zero-order valence-corrected chi connectivity index (χ0v) is 11.6. The molecule has 0 saturated heterocycles. The van der Waals surface area contributed by atoms with Crippen LogP contribution in [0.3, 0.4) is 0 Å². The van der Waals surface area contributed by atoms with Crippen LogP contribution in [0.5, 0.6) is 0 Å². The molecule has 5 nitrogen and oxygen atoms in total. The van der Waals surface area contributed by atoms with Crippen molar-refractivity contribution in [3.8, 4) is 21.7 Å². The van der Waals surface area contributed by atoms with E-state index in [2.05, 4.69) is 20.1 Å². The van der Waals surface area contributed by atoms with Crippen LogP contribution >= 0.6 is 11.3 Å². The Labute approximate surface area is 118 Å². The predicted molar refractivity (Wildman–Crippen MR) is 79.4 cm³/mol. The average Bonchev–Trinajstić information content (AvgIpc) is 3.17. The second kappa shape index (κ2) is 4.28. The van der Waals surface area contributed by atoms with E-state index in [1.165, 1.54) is 0 Å². The van der Waals surface area contributed by atoms with E-state index in [-0.39, 0.29) is 0 Å². The van der Waals surface area contributed by atoms with Crippen molar-refractivity contribution >= 4 is 22.4 Å². The third-order valence-electron chi connectivity index (χ3n) is 3.24. The second-order valence-corrected chi connectivity index (χ2v) is 5.42. The lowest BCUT2D eigenvalue weighted by Crippen LogP contribution is -1.86. The fourth-order valence-electron chi connectivity index (χ4n) is 2.40. The van der Waals surface area contributed by atoms with E-state index in [0.29, 0.717) is 0 Å². The van der Waals surface area contributed by atoms with Crippen LogP contribution in [0.25, 0.3) is 32.7 Å². The van der Waals surface area contributed by atoms with Crippen LogP contribution in [-0.2, 0) is 7.05 Å².